The molecule has 0 bridgehead atoms. The number of amides is 1. The van der Waals surface area contributed by atoms with Crippen LogP contribution >= 0.6 is 11.3 Å². The Labute approximate surface area is 110 Å². The standard InChI is InChI=1S/C13H15N3OS/c1-9-11(18-8-16-9)7-15-13(17)12(14)10-5-3-2-4-6-10/h2-6,8,12H,7,14H2,1H3,(H,15,17). The number of nitrogens with one attached hydrogen (secondary N) is 1. The Morgan fingerprint density at radius 1 is 1.44 bits per heavy atom. The Kier molecular flexibility index (Phi) is 4.07. The normalized spacial score (nSPS) is 12.1. The van der Waals surface area contributed by atoms with Crippen LogP contribution in [0.15, 0.2) is 35.8 Å². The lowest BCUT2D eigenvalue weighted by Gasteiger charge is -2.12. The Morgan fingerprint density at radius 3 is 2.78 bits per heavy atom. The van der Waals surface area contributed by atoms with Crippen LogP contribution in [0.3, 0.4) is 0 Å². The lowest BCUT2D eigenvalue weighted by molar-refractivity contribution is -0.122. The zero-order chi connectivity index (χ0) is 13.0. The van der Waals surface area contributed by atoms with Crippen molar-refractivity contribution in [3.63, 3.8) is 0 Å². The van der Waals surface area contributed by atoms with Crippen molar-refractivity contribution in [3.8, 4) is 0 Å². The summed E-state index contributed by atoms with van der Waals surface area (Å²) in [6.07, 6.45) is 0. The molecule has 0 aliphatic heterocycles. The van der Waals surface area contributed by atoms with Gasteiger partial charge in [0.2, 0.25) is 5.91 Å². The molecule has 0 spiro atoms. The van der Waals surface area contributed by atoms with Gasteiger partial charge in [0.05, 0.1) is 17.7 Å². The summed E-state index contributed by atoms with van der Waals surface area (Å²) in [5.41, 5.74) is 9.43. The molecule has 0 radical (unpaired) electrons. The Balaban J connectivity index is 1.95. The van der Waals surface area contributed by atoms with Crippen LogP contribution in [0.2, 0.25) is 0 Å². The van der Waals surface area contributed by atoms with Crippen molar-refractivity contribution in [3.05, 3.63) is 52.0 Å². The molecule has 18 heavy (non-hydrogen) atoms. The smallest absolute Gasteiger partial charge is 0.241 e. The highest BCUT2D eigenvalue weighted by Gasteiger charge is 2.15. The zero-order valence-corrected chi connectivity index (χ0v) is 10.9. The highest BCUT2D eigenvalue weighted by atomic mass is 32.1. The molecule has 2 aromatic rings. The molecule has 1 unspecified atom stereocenters. The molecule has 2 rings (SSSR count). The summed E-state index contributed by atoms with van der Waals surface area (Å²) in [5, 5.41) is 2.83. The summed E-state index contributed by atoms with van der Waals surface area (Å²) in [5.74, 6) is -0.172. The number of nitrogens with zero attached hydrogens (tertiary/aromatic N) is 1. The molecule has 4 nitrogen and oxygen atoms in total. The first-order valence-electron chi connectivity index (χ1n) is 5.65. The van der Waals surface area contributed by atoms with Gasteiger partial charge in [0.15, 0.2) is 0 Å². The van der Waals surface area contributed by atoms with Crippen molar-refractivity contribution >= 4 is 17.2 Å². The van der Waals surface area contributed by atoms with Crippen molar-refractivity contribution in [2.75, 3.05) is 0 Å². The minimum atomic E-state index is -0.626. The summed E-state index contributed by atoms with van der Waals surface area (Å²) in [6.45, 7) is 2.41. The number of thiazole rings is 1. The summed E-state index contributed by atoms with van der Waals surface area (Å²) >= 11 is 1.53. The fourth-order valence-corrected chi connectivity index (χ4v) is 2.30. The predicted octanol–water partition coefficient (Wildman–Crippen LogP) is 1.77. The Hall–Kier alpha value is -1.72. The molecule has 1 aromatic heterocycles. The second kappa shape index (κ2) is 5.75. The van der Waals surface area contributed by atoms with Crippen LogP contribution in [0, 0.1) is 6.92 Å². The number of aromatic nitrogens is 1. The first kappa shape index (κ1) is 12.7. The minimum absolute atomic E-state index is 0.172. The van der Waals surface area contributed by atoms with Crippen molar-refractivity contribution in [2.45, 2.75) is 19.5 Å². The van der Waals surface area contributed by atoms with Crippen molar-refractivity contribution in [1.82, 2.24) is 10.3 Å². The van der Waals surface area contributed by atoms with Gasteiger partial charge in [-0.1, -0.05) is 30.3 Å². The van der Waals surface area contributed by atoms with E-state index in [-0.39, 0.29) is 5.91 Å². The van der Waals surface area contributed by atoms with E-state index < -0.39 is 6.04 Å². The first-order chi connectivity index (χ1) is 8.68. The largest absolute Gasteiger partial charge is 0.349 e. The average molecular weight is 261 g/mol. The van der Waals surface area contributed by atoms with Gasteiger partial charge in [0.25, 0.3) is 0 Å². The lowest BCUT2D eigenvalue weighted by atomic mass is 10.1. The van der Waals surface area contributed by atoms with Gasteiger partial charge in [-0.05, 0) is 12.5 Å². The van der Waals surface area contributed by atoms with E-state index in [9.17, 15) is 4.79 Å². The van der Waals surface area contributed by atoms with Crippen LogP contribution < -0.4 is 11.1 Å². The summed E-state index contributed by atoms with van der Waals surface area (Å²) in [7, 11) is 0. The second-order valence-corrected chi connectivity index (χ2v) is 4.91. The van der Waals surface area contributed by atoms with E-state index >= 15 is 0 Å². The fourth-order valence-electron chi connectivity index (χ4n) is 1.58. The van der Waals surface area contributed by atoms with Crippen LogP contribution in [-0.2, 0) is 11.3 Å². The molecule has 0 saturated heterocycles. The van der Waals surface area contributed by atoms with Gasteiger partial charge in [-0.2, -0.15) is 0 Å². The third kappa shape index (κ3) is 2.94. The maximum Gasteiger partial charge on any atom is 0.241 e. The number of benzene rings is 1. The summed E-state index contributed by atoms with van der Waals surface area (Å²) in [4.78, 5) is 17.1. The molecule has 1 atom stereocenters. The monoisotopic (exact) mass is 261 g/mol. The predicted molar refractivity (Wildman–Crippen MR) is 72.1 cm³/mol. The molecule has 3 N–H and O–H groups in total. The maximum atomic E-state index is 11.9. The van der Waals surface area contributed by atoms with Crippen LogP contribution in [0.4, 0.5) is 0 Å². The van der Waals surface area contributed by atoms with Crippen LogP contribution in [0.5, 0.6) is 0 Å². The van der Waals surface area contributed by atoms with Crippen LogP contribution in [0.1, 0.15) is 22.2 Å². The summed E-state index contributed by atoms with van der Waals surface area (Å²) < 4.78 is 0. The number of aryl methyl sites for hydroxylation is 1. The topological polar surface area (TPSA) is 68.0 Å². The minimum Gasteiger partial charge on any atom is -0.349 e. The molecule has 0 aliphatic carbocycles. The Morgan fingerprint density at radius 2 is 2.17 bits per heavy atom. The van der Waals surface area contributed by atoms with E-state index in [1.807, 2.05) is 37.3 Å². The molecular formula is C13H15N3OS. The number of hydrogen-bond acceptors (Lipinski definition) is 4. The number of carbonyl (C=O) groups is 1. The van der Waals surface area contributed by atoms with E-state index in [0.29, 0.717) is 6.54 Å². The highest BCUT2D eigenvalue weighted by Crippen LogP contribution is 2.13. The van der Waals surface area contributed by atoms with Gasteiger partial charge in [-0.3, -0.25) is 4.79 Å². The molecule has 94 valence electrons. The quantitative estimate of drug-likeness (QED) is 0.881. The van der Waals surface area contributed by atoms with Crippen molar-refractivity contribution in [1.29, 1.82) is 0 Å². The van der Waals surface area contributed by atoms with Gasteiger partial charge in [-0.15, -0.1) is 11.3 Å². The van der Waals surface area contributed by atoms with E-state index in [2.05, 4.69) is 10.3 Å². The van der Waals surface area contributed by atoms with Crippen molar-refractivity contribution < 1.29 is 4.79 Å². The van der Waals surface area contributed by atoms with E-state index in [1.165, 1.54) is 11.3 Å². The Bertz CT molecular complexity index is 524. The zero-order valence-electron chi connectivity index (χ0n) is 10.1. The summed E-state index contributed by atoms with van der Waals surface area (Å²) in [6, 6.07) is 8.71. The van der Waals surface area contributed by atoms with Gasteiger partial charge in [0, 0.05) is 4.88 Å². The molecule has 0 fully saturated rings. The van der Waals surface area contributed by atoms with Crippen molar-refractivity contribution in [2.24, 2.45) is 5.73 Å². The first-order valence-corrected chi connectivity index (χ1v) is 6.53. The molecule has 1 heterocycles. The molecule has 1 aromatic carbocycles. The molecular weight excluding hydrogens is 246 g/mol. The number of carbonyl (C=O) groups excluding carboxylic acids is 1. The number of hydrogen-bond donors (Lipinski definition) is 2. The molecule has 0 aliphatic rings. The maximum absolute atomic E-state index is 11.9. The SMILES string of the molecule is Cc1ncsc1CNC(=O)C(N)c1ccccc1. The van der Waals surface area contributed by atoms with E-state index in [0.717, 1.165) is 16.1 Å². The van der Waals surface area contributed by atoms with Gasteiger partial charge in [-0.25, -0.2) is 4.98 Å². The van der Waals surface area contributed by atoms with Gasteiger partial charge in [0.1, 0.15) is 6.04 Å². The second-order valence-electron chi connectivity index (χ2n) is 3.97. The average Bonchev–Trinajstić information content (AvgIpc) is 2.81. The number of rotatable bonds is 4. The van der Waals surface area contributed by atoms with E-state index in [4.69, 9.17) is 5.73 Å². The molecule has 0 saturated carbocycles. The fraction of sp³-hybridized carbons (Fsp3) is 0.231. The third-order valence-electron chi connectivity index (χ3n) is 2.71. The highest BCUT2D eigenvalue weighted by molar-refractivity contribution is 7.09. The number of nitrogens with two attached hydrogens (primary N) is 1. The van der Waals surface area contributed by atoms with Crippen LogP contribution in [0.25, 0.3) is 0 Å². The van der Waals surface area contributed by atoms with E-state index in [1.54, 1.807) is 5.51 Å². The molecule has 5 heteroatoms. The van der Waals surface area contributed by atoms with Gasteiger partial charge >= 0.3 is 0 Å². The van der Waals surface area contributed by atoms with Crippen LogP contribution in [-0.4, -0.2) is 10.9 Å². The lowest BCUT2D eigenvalue weighted by Crippen LogP contribution is -2.33. The third-order valence-corrected chi connectivity index (χ3v) is 3.64. The molecule has 1 amide bonds. The van der Waals surface area contributed by atoms with Gasteiger partial charge < -0.3 is 11.1 Å².